The highest BCUT2D eigenvalue weighted by molar-refractivity contribution is 9.10. The first kappa shape index (κ1) is 8.09. The van der Waals surface area contributed by atoms with Crippen LogP contribution < -0.4 is 0 Å². The predicted molar refractivity (Wildman–Crippen MR) is 48.2 cm³/mol. The second-order valence-corrected chi connectivity index (χ2v) is 3.38. The van der Waals surface area contributed by atoms with Crippen LogP contribution in [0.2, 0.25) is 5.02 Å². The standard InChI is InChI=1S/C8H7BrCl/c1-2-6-3-7(9)5-8(10)4-6/h3-5H,1-2H2. The summed E-state index contributed by atoms with van der Waals surface area (Å²) in [5.41, 5.74) is 1.15. The van der Waals surface area contributed by atoms with E-state index in [2.05, 4.69) is 22.9 Å². The lowest BCUT2D eigenvalue weighted by atomic mass is 10.2. The average Bonchev–Trinajstić information content (AvgIpc) is 1.85. The molecule has 2 heteroatoms. The van der Waals surface area contributed by atoms with E-state index < -0.39 is 0 Å². The summed E-state index contributed by atoms with van der Waals surface area (Å²) in [6.45, 7) is 3.76. The molecule has 53 valence electrons. The number of benzene rings is 1. The lowest BCUT2D eigenvalue weighted by Gasteiger charge is -1.97. The van der Waals surface area contributed by atoms with Gasteiger partial charge in [0.1, 0.15) is 0 Å². The van der Waals surface area contributed by atoms with Crippen molar-refractivity contribution in [1.29, 1.82) is 0 Å². The first-order valence-electron chi connectivity index (χ1n) is 2.96. The van der Waals surface area contributed by atoms with E-state index in [4.69, 9.17) is 11.6 Å². The molecule has 1 rings (SSSR count). The molecule has 0 saturated heterocycles. The summed E-state index contributed by atoms with van der Waals surface area (Å²) in [5.74, 6) is 0. The molecule has 0 aliphatic carbocycles. The zero-order valence-electron chi connectivity index (χ0n) is 5.40. The third kappa shape index (κ3) is 1.99. The number of hydrogen-bond acceptors (Lipinski definition) is 0. The Labute approximate surface area is 74.3 Å². The SMILES string of the molecule is [CH2]Cc1cc(Cl)cc(Br)c1. The van der Waals surface area contributed by atoms with Gasteiger partial charge in [-0.05, 0) is 37.1 Å². The summed E-state index contributed by atoms with van der Waals surface area (Å²) >= 11 is 9.11. The Bertz CT molecular complexity index is 212. The molecule has 0 bridgehead atoms. The summed E-state index contributed by atoms with van der Waals surface area (Å²) in [7, 11) is 0. The second-order valence-electron chi connectivity index (χ2n) is 2.03. The first-order chi connectivity index (χ1) is 4.72. The highest BCUT2D eigenvalue weighted by atomic mass is 79.9. The van der Waals surface area contributed by atoms with Crippen LogP contribution in [0.1, 0.15) is 5.56 Å². The molecular formula is C8H7BrCl. The topological polar surface area (TPSA) is 0 Å². The number of halogens is 2. The van der Waals surface area contributed by atoms with E-state index in [9.17, 15) is 0 Å². The van der Waals surface area contributed by atoms with Crippen molar-refractivity contribution >= 4 is 27.5 Å². The highest BCUT2D eigenvalue weighted by Crippen LogP contribution is 2.19. The molecule has 0 unspecified atom stereocenters. The van der Waals surface area contributed by atoms with E-state index in [1.54, 1.807) is 0 Å². The van der Waals surface area contributed by atoms with Crippen LogP contribution in [0, 0.1) is 6.92 Å². The normalized spacial score (nSPS) is 9.90. The molecule has 0 saturated carbocycles. The third-order valence-electron chi connectivity index (χ3n) is 1.21. The van der Waals surface area contributed by atoms with Gasteiger partial charge in [-0.1, -0.05) is 27.5 Å². The van der Waals surface area contributed by atoms with Crippen LogP contribution in [0.4, 0.5) is 0 Å². The van der Waals surface area contributed by atoms with Crippen molar-refractivity contribution in [3.8, 4) is 0 Å². The molecule has 1 aromatic rings. The van der Waals surface area contributed by atoms with Crippen molar-refractivity contribution in [3.05, 3.63) is 40.2 Å². The maximum Gasteiger partial charge on any atom is 0.0419 e. The third-order valence-corrected chi connectivity index (χ3v) is 1.89. The molecule has 10 heavy (non-hydrogen) atoms. The lowest BCUT2D eigenvalue weighted by Crippen LogP contribution is -1.78. The fourth-order valence-electron chi connectivity index (χ4n) is 0.755. The smallest absolute Gasteiger partial charge is 0.0419 e. The minimum absolute atomic E-state index is 0.757. The van der Waals surface area contributed by atoms with Crippen LogP contribution in [0.25, 0.3) is 0 Å². The van der Waals surface area contributed by atoms with Crippen molar-refractivity contribution in [2.24, 2.45) is 0 Å². The van der Waals surface area contributed by atoms with Gasteiger partial charge in [0.25, 0.3) is 0 Å². The van der Waals surface area contributed by atoms with Gasteiger partial charge in [0.2, 0.25) is 0 Å². The van der Waals surface area contributed by atoms with Crippen molar-refractivity contribution in [1.82, 2.24) is 0 Å². The molecule has 1 radical (unpaired) electrons. The van der Waals surface area contributed by atoms with Gasteiger partial charge in [-0.25, -0.2) is 0 Å². The largest absolute Gasteiger partial charge is 0.0843 e. The van der Waals surface area contributed by atoms with Crippen LogP contribution in [0.5, 0.6) is 0 Å². The van der Waals surface area contributed by atoms with Gasteiger partial charge in [0.15, 0.2) is 0 Å². The van der Waals surface area contributed by atoms with Crippen molar-refractivity contribution in [3.63, 3.8) is 0 Å². The molecule has 0 aromatic heterocycles. The summed E-state index contributed by atoms with van der Waals surface area (Å²) in [4.78, 5) is 0. The molecule has 0 nitrogen and oxygen atoms in total. The van der Waals surface area contributed by atoms with Crippen LogP contribution in [0.15, 0.2) is 22.7 Å². The van der Waals surface area contributed by atoms with Gasteiger partial charge < -0.3 is 0 Å². The Hall–Kier alpha value is -0.0100. The molecule has 0 aliphatic heterocycles. The van der Waals surface area contributed by atoms with Crippen LogP contribution in [-0.2, 0) is 6.42 Å². The quantitative estimate of drug-likeness (QED) is 0.677. The second kappa shape index (κ2) is 3.40. The number of hydrogen-bond donors (Lipinski definition) is 0. The maximum atomic E-state index is 5.77. The Morgan fingerprint density at radius 1 is 1.40 bits per heavy atom. The highest BCUT2D eigenvalue weighted by Gasteiger charge is 1.93. The van der Waals surface area contributed by atoms with Crippen LogP contribution >= 0.6 is 27.5 Å². The monoisotopic (exact) mass is 217 g/mol. The molecular weight excluding hydrogens is 211 g/mol. The average molecular weight is 219 g/mol. The van der Waals surface area contributed by atoms with E-state index in [0.717, 1.165) is 21.5 Å². The Kier molecular flexibility index (Phi) is 2.75. The summed E-state index contributed by atoms with van der Waals surface area (Å²) in [6, 6.07) is 5.79. The van der Waals surface area contributed by atoms with E-state index >= 15 is 0 Å². The molecule has 0 N–H and O–H groups in total. The zero-order valence-corrected chi connectivity index (χ0v) is 7.74. The Morgan fingerprint density at radius 2 is 2.10 bits per heavy atom. The maximum absolute atomic E-state index is 5.77. The molecule has 0 fully saturated rings. The fourth-order valence-corrected chi connectivity index (χ4v) is 1.69. The van der Waals surface area contributed by atoms with Crippen LogP contribution in [0.3, 0.4) is 0 Å². The Balaban J connectivity index is 3.06. The Morgan fingerprint density at radius 3 is 2.60 bits per heavy atom. The molecule has 0 aliphatic rings. The summed E-state index contributed by atoms with van der Waals surface area (Å²) in [5, 5.41) is 0.757. The van der Waals surface area contributed by atoms with Gasteiger partial charge in [-0.3, -0.25) is 0 Å². The van der Waals surface area contributed by atoms with Crippen molar-refractivity contribution in [2.75, 3.05) is 0 Å². The predicted octanol–water partition coefficient (Wildman–Crippen LogP) is 3.48. The molecule has 0 atom stereocenters. The van der Waals surface area contributed by atoms with Gasteiger partial charge in [-0.15, -0.1) is 0 Å². The van der Waals surface area contributed by atoms with Crippen molar-refractivity contribution < 1.29 is 0 Å². The first-order valence-corrected chi connectivity index (χ1v) is 4.13. The van der Waals surface area contributed by atoms with E-state index in [1.807, 2.05) is 18.2 Å². The zero-order chi connectivity index (χ0) is 7.56. The van der Waals surface area contributed by atoms with Crippen molar-refractivity contribution in [2.45, 2.75) is 6.42 Å². The summed E-state index contributed by atoms with van der Waals surface area (Å²) < 4.78 is 1.01. The van der Waals surface area contributed by atoms with E-state index in [0.29, 0.717) is 0 Å². The van der Waals surface area contributed by atoms with E-state index in [1.165, 1.54) is 0 Å². The molecule has 0 amide bonds. The molecule has 1 aromatic carbocycles. The number of rotatable bonds is 1. The minimum atomic E-state index is 0.757. The van der Waals surface area contributed by atoms with E-state index in [-0.39, 0.29) is 0 Å². The molecule has 0 spiro atoms. The lowest BCUT2D eigenvalue weighted by molar-refractivity contribution is 1.27. The summed E-state index contributed by atoms with van der Waals surface area (Å²) in [6.07, 6.45) is 0.777. The van der Waals surface area contributed by atoms with Gasteiger partial charge in [-0.2, -0.15) is 0 Å². The van der Waals surface area contributed by atoms with Gasteiger partial charge in [0, 0.05) is 9.50 Å². The fraction of sp³-hybridized carbons (Fsp3) is 0.125. The van der Waals surface area contributed by atoms with Crippen LogP contribution in [-0.4, -0.2) is 0 Å². The molecule has 0 heterocycles. The van der Waals surface area contributed by atoms with Gasteiger partial charge in [0.05, 0.1) is 0 Å². The minimum Gasteiger partial charge on any atom is -0.0843 e. The van der Waals surface area contributed by atoms with Gasteiger partial charge >= 0.3 is 0 Å².